The van der Waals surface area contributed by atoms with Crippen LogP contribution in [0.2, 0.25) is 0 Å². The van der Waals surface area contributed by atoms with Gasteiger partial charge in [-0.25, -0.2) is 4.98 Å². The number of hydrogen-bond donors (Lipinski definition) is 1. The molecule has 94 valence electrons. The summed E-state index contributed by atoms with van der Waals surface area (Å²) < 4.78 is 12.9. The second kappa shape index (κ2) is 5.74. The number of hydrogen-bond acceptors (Lipinski definition) is 3. The lowest BCUT2D eigenvalue weighted by Gasteiger charge is -2.05. The average Bonchev–Trinajstić information content (AvgIpc) is 2.41. The molecule has 0 aliphatic heterocycles. The lowest BCUT2D eigenvalue weighted by atomic mass is 10.1. The Morgan fingerprint density at radius 2 is 2.00 bits per heavy atom. The van der Waals surface area contributed by atoms with Crippen LogP contribution in [0, 0.1) is 17.3 Å². The molecule has 1 N–H and O–H groups in total. The molecule has 4 nitrogen and oxygen atoms in total. The first kappa shape index (κ1) is 12.7. The molecule has 0 unspecified atom stereocenters. The van der Waals surface area contributed by atoms with E-state index < -0.39 is 11.9 Å². The van der Waals surface area contributed by atoms with Crippen LogP contribution in [0.3, 0.4) is 0 Å². The van der Waals surface area contributed by atoms with Gasteiger partial charge < -0.3 is 5.32 Å². The van der Waals surface area contributed by atoms with Crippen LogP contribution in [0.5, 0.6) is 0 Å². The smallest absolute Gasteiger partial charge is 0.274 e. The summed E-state index contributed by atoms with van der Waals surface area (Å²) in [5.74, 6) is -1.18. The van der Waals surface area contributed by atoms with Crippen LogP contribution in [-0.2, 0) is 6.42 Å². The fourth-order valence-electron chi connectivity index (χ4n) is 1.53. The fraction of sp³-hybridized carbons (Fsp3) is 0.0714. The summed E-state index contributed by atoms with van der Waals surface area (Å²) in [7, 11) is 0. The third-order valence-electron chi connectivity index (χ3n) is 2.44. The van der Waals surface area contributed by atoms with Crippen LogP contribution in [0.4, 0.5) is 10.1 Å². The average molecular weight is 255 g/mol. The number of pyridine rings is 1. The fourth-order valence-corrected chi connectivity index (χ4v) is 1.53. The number of nitrogens with zero attached hydrogens (tertiary/aromatic N) is 2. The molecule has 0 radical (unpaired) electrons. The molecule has 0 bridgehead atoms. The predicted octanol–water partition coefficient (Wildman–Crippen LogP) is 2.54. The maximum absolute atomic E-state index is 12.9. The summed E-state index contributed by atoms with van der Waals surface area (Å²) in [6.45, 7) is 0. The normalized spacial score (nSPS) is 9.68. The van der Waals surface area contributed by atoms with Crippen molar-refractivity contribution in [1.82, 2.24) is 4.98 Å². The van der Waals surface area contributed by atoms with Crippen molar-refractivity contribution >= 4 is 11.6 Å². The molecule has 0 saturated heterocycles. The largest absolute Gasteiger partial charge is 0.321 e. The Kier molecular flexibility index (Phi) is 3.84. The van der Waals surface area contributed by atoms with Crippen LogP contribution in [0.15, 0.2) is 42.5 Å². The minimum absolute atomic E-state index is 0.0149. The Morgan fingerprint density at radius 1 is 1.26 bits per heavy atom. The van der Waals surface area contributed by atoms with Crippen molar-refractivity contribution in [1.29, 1.82) is 5.26 Å². The number of nitriles is 1. The molecule has 0 aliphatic rings. The van der Waals surface area contributed by atoms with Gasteiger partial charge in [-0.05, 0) is 29.8 Å². The van der Waals surface area contributed by atoms with Crippen LogP contribution in [-0.4, -0.2) is 10.9 Å². The van der Waals surface area contributed by atoms with Gasteiger partial charge in [0.15, 0.2) is 0 Å². The number of aromatic nitrogens is 1. The third kappa shape index (κ3) is 3.36. The molecule has 0 atom stereocenters. The molecule has 0 fully saturated rings. The molecule has 2 aromatic rings. The van der Waals surface area contributed by atoms with E-state index in [1.165, 1.54) is 18.2 Å². The van der Waals surface area contributed by atoms with Gasteiger partial charge in [0.1, 0.15) is 5.69 Å². The molecule has 0 aliphatic carbocycles. The number of halogens is 1. The SMILES string of the molecule is N#CCc1ccc(NC(=O)c2cccc(F)n2)cc1. The number of nitrogens with one attached hydrogen (secondary N) is 1. The van der Waals surface area contributed by atoms with Crippen LogP contribution < -0.4 is 5.32 Å². The van der Waals surface area contributed by atoms with Gasteiger partial charge in [-0.15, -0.1) is 0 Å². The van der Waals surface area contributed by atoms with Crippen molar-refractivity contribution in [3.8, 4) is 6.07 Å². The number of anilines is 1. The molecule has 1 aromatic carbocycles. The van der Waals surface area contributed by atoms with Gasteiger partial charge in [0, 0.05) is 5.69 Å². The van der Waals surface area contributed by atoms with Crippen molar-refractivity contribution in [3.63, 3.8) is 0 Å². The Balaban J connectivity index is 2.09. The minimum atomic E-state index is -0.697. The third-order valence-corrected chi connectivity index (χ3v) is 2.44. The Labute approximate surface area is 109 Å². The van der Waals surface area contributed by atoms with E-state index >= 15 is 0 Å². The van der Waals surface area contributed by atoms with E-state index in [1.54, 1.807) is 24.3 Å². The Bertz CT molecular complexity index is 632. The van der Waals surface area contributed by atoms with Crippen molar-refractivity contribution in [2.75, 3.05) is 5.32 Å². The summed E-state index contributed by atoms with van der Waals surface area (Å²) in [4.78, 5) is 15.3. The van der Waals surface area contributed by atoms with E-state index in [9.17, 15) is 9.18 Å². The Morgan fingerprint density at radius 3 is 2.63 bits per heavy atom. The molecule has 0 saturated carbocycles. The molecular weight excluding hydrogens is 245 g/mol. The van der Waals surface area contributed by atoms with E-state index in [4.69, 9.17) is 5.26 Å². The standard InChI is InChI=1S/C14H10FN3O/c15-13-3-1-2-12(18-13)14(19)17-11-6-4-10(5-7-11)8-9-16/h1-7H,8H2,(H,17,19). The zero-order valence-corrected chi connectivity index (χ0v) is 9.93. The number of rotatable bonds is 3. The second-order valence-corrected chi connectivity index (χ2v) is 3.83. The van der Waals surface area contributed by atoms with Crippen LogP contribution in [0.25, 0.3) is 0 Å². The zero-order valence-electron chi connectivity index (χ0n) is 9.93. The maximum atomic E-state index is 12.9. The van der Waals surface area contributed by atoms with Gasteiger partial charge in [-0.1, -0.05) is 18.2 Å². The molecular formula is C14H10FN3O. The number of benzene rings is 1. The zero-order chi connectivity index (χ0) is 13.7. The first-order valence-corrected chi connectivity index (χ1v) is 5.59. The number of amides is 1. The summed E-state index contributed by atoms with van der Waals surface area (Å²) in [6, 6.07) is 12.9. The molecule has 1 aromatic heterocycles. The lowest BCUT2D eigenvalue weighted by molar-refractivity contribution is 0.102. The first-order chi connectivity index (χ1) is 9.19. The van der Waals surface area contributed by atoms with Gasteiger partial charge in [0.2, 0.25) is 5.95 Å². The van der Waals surface area contributed by atoms with Crippen molar-refractivity contribution in [2.24, 2.45) is 0 Å². The minimum Gasteiger partial charge on any atom is -0.321 e. The second-order valence-electron chi connectivity index (χ2n) is 3.83. The quantitative estimate of drug-likeness (QED) is 0.857. The van der Waals surface area contributed by atoms with E-state index in [1.807, 2.05) is 6.07 Å². The van der Waals surface area contributed by atoms with Gasteiger partial charge in [0.05, 0.1) is 12.5 Å². The summed E-state index contributed by atoms with van der Waals surface area (Å²) >= 11 is 0. The highest BCUT2D eigenvalue weighted by molar-refractivity contribution is 6.02. The summed E-state index contributed by atoms with van der Waals surface area (Å²) in [5.41, 5.74) is 1.45. The lowest BCUT2D eigenvalue weighted by Crippen LogP contribution is -2.14. The molecule has 0 spiro atoms. The molecule has 5 heteroatoms. The van der Waals surface area contributed by atoms with Gasteiger partial charge in [-0.3, -0.25) is 4.79 Å². The van der Waals surface area contributed by atoms with Crippen LogP contribution >= 0.6 is 0 Å². The summed E-state index contributed by atoms with van der Waals surface area (Å²) in [6.07, 6.45) is 0.319. The first-order valence-electron chi connectivity index (χ1n) is 5.59. The Hall–Kier alpha value is -2.74. The number of carbonyl (C=O) groups is 1. The van der Waals surface area contributed by atoms with E-state index in [2.05, 4.69) is 10.3 Å². The number of carbonyl (C=O) groups excluding carboxylic acids is 1. The van der Waals surface area contributed by atoms with Crippen molar-refractivity contribution in [3.05, 3.63) is 59.7 Å². The summed E-state index contributed by atoms with van der Waals surface area (Å²) in [5, 5.41) is 11.1. The van der Waals surface area contributed by atoms with Crippen molar-refractivity contribution in [2.45, 2.75) is 6.42 Å². The molecule has 2 rings (SSSR count). The highest BCUT2D eigenvalue weighted by Crippen LogP contribution is 2.11. The van der Waals surface area contributed by atoms with Gasteiger partial charge in [-0.2, -0.15) is 9.65 Å². The monoisotopic (exact) mass is 255 g/mol. The predicted molar refractivity (Wildman–Crippen MR) is 67.9 cm³/mol. The maximum Gasteiger partial charge on any atom is 0.274 e. The highest BCUT2D eigenvalue weighted by atomic mass is 19.1. The molecule has 19 heavy (non-hydrogen) atoms. The molecule has 1 amide bonds. The van der Waals surface area contributed by atoms with Gasteiger partial charge >= 0.3 is 0 Å². The van der Waals surface area contributed by atoms with E-state index in [0.29, 0.717) is 12.1 Å². The highest BCUT2D eigenvalue weighted by Gasteiger charge is 2.08. The van der Waals surface area contributed by atoms with Crippen LogP contribution in [0.1, 0.15) is 16.1 Å². The van der Waals surface area contributed by atoms with E-state index in [-0.39, 0.29) is 5.69 Å². The van der Waals surface area contributed by atoms with E-state index in [0.717, 1.165) is 5.56 Å². The molecule has 1 heterocycles. The van der Waals surface area contributed by atoms with Gasteiger partial charge in [0.25, 0.3) is 5.91 Å². The van der Waals surface area contributed by atoms with Crippen molar-refractivity contribution < 1.29 is 9.18 Å². The topological polar surface area (TPSA) is 65.8 Å².